The predicted molar refractivity (Wildman–Crippen MR) is 88.0 cm³/mol. The highest BCUT2D eigenvalue weighted by Crippen LogP contribution is 2.29. The molecule has 0 saturated heterocycles. The fourth-order valence-corrected chi connectivity index (χ4v) is 3.52. The molecule has 0 heterocycles. The molecule has 0 radical (unpaired) electrons. The van der Waals surface area contributed by atoms with Crippen LogP contribution in [0.25, 0.3) is 0 Å². The number of benzene rings is 2. The van der Waals surface area contributed by atoms with E-state index in [0.717, 1.165) is 10.9 Å². The lowest BCUT2D eigenvalue weighted by atomic mass is 9.91. The first kappa shape index (κ1) is 13.8. The Balaban J connectivity index is 1.71. The molecule has 2 aromatic carbocycles. The van der Waals surface area contributed by atoms with E-state index in [1.54, 1.807) is 0 Å². The van der Waals surface area contributed by atoms with Crippen LogP contribution in [0.5, 0.6) is 0 Å². The van der Waals surface area contributed by atoms with E-state index in [2.05, 4.69) is 76.8 Å². The molecule has 0 bridgehead atoms. The molecule has 2 aromatic rings. The SMILES string of the molecule is CNC(Cc1ccc(Br)cc1)C1Cc2ccccc2C1. The van der Waals surface area contributed by atoms with Crippen molar-refractivity contribution in [2.45, 2.75) is 25.3 Å². The molecule has 3 rings (SSSR count). The Morgan fingerprint density at radius 2 is 1.65 bits per heavy atom. The summed E-state index contributed by atoms with van der Waals surface area (Å²) in [6.07, 6.45) is 3.51. The van der Waals surface area contributed by atoms with Gasteiger partial charge in [0.05, 0.1) is 0 Å². The second-order valence-corrected chi connectivity index (χ2v) is 6.58. The maximum absolute atomic E-state index is 3.53. The van der Waals surface area contributed by atoms with Gasteiger partial charge in [-0.05, 0) is 61.1 Å². The highest BCUT2D eigenvalue weighted by Gasteiger charge is 2.27. The van der Waals surface area contributed by atoms with E-state index in [-0.39, 0.29) is 0 Å². The number of nitrogens with one attached hydrogen (secondary N) is 1. The quantitative estimate of drug-likeness (QED) is 0.894. The van der Waals surface area contributed by atoms with E-state index in [1.165, 1.54) is 29.5 Å². The van der Waals surface area contributed by atoms with Gasteiger partial charge in [-0.2, -0.15) is 0 Å². The van der Waals surface area contributed by atoms with Crippen molar-refractivity contribution in [3.63, 3.8) is 0 Å². The molecule has 0 saturated carbocycles. The molecule has 1 nitrogen and oxygen atoms in total. The summed E-state index contributed by atoms with van der Waals surface area (Å²) < 4.78 is 1.15. The van der Waals surface area contributed by atoms with E-state index in [1.807, 2.05) is 0 Å². The van der Waals surface area contributed by atoms with Gasteiger partial charge >= 0.3 is 0 Å². The Bertz CT molecular complexity index is 551. The Kier molecular flexibility index (Phi) is 4.23. The molecule has 20 heavy (non-hydrogen) atoms. The van der Waals surface area contributed by atoms with Gasteiger partial charge in [0.1, 0.15) is 0 Å². The Hall–Kier alpha value is -1.12. The number of hydrogen-bond donors (Lipinski definition) is 1. The molecule has 104 valence electrons. The van der Waals surface area contributed by atoms with Gasteiger partial charge in [0, 0.05) is 10.5 Å². The first-order valence-electron chi connectivity index (χ1n) is 7.25. The first-order valence-corrected chi connectivity index (χ1v) is 8.04. The van der Waals surface area contributed by atoms with Crippen molar-refractivity contribution in [1.29, 1.82) is 0 Å². The van der Waals surface area contributed by atoms with Crippen LogP contribution in [0.3, 0.4) is 0 Å². The summed E-state index contributed by atoms with van der Waals surface area (Å²) in [7, 11) is 2.09. The number of likely N-dealkylation sites (N-methyl/N-ethyl adjacent to an activating group) is 1. The second-order valence-electron chi connectivity index (χ2n) is 5.66. The minimum Gasteiger partial charge on any atom is -0.316 e. The van der Waals surface area contributed by atoms with Crippen molar-refractivity contribution in [2.24, 2.45) is 5.92 Å². The van der Waals surface area contributed by atoms with Gasteiger partial charge in [-0.15, -0.1) is 0 Å². The maximum Gasteiger partial charge on any atom is 0.0175 e. The molecule has 0 spiro atoms. The zero-order valence-corrected chi connectivity index (χ0v) is 13.4. The van der Waals surface area contributed by atoms with Crippen LogP contribution in [-0.2, 0) is 19.3 Å². The third kappa shape index (κ3) is 2.97. The van der Waals surface area contributed by atoms with Gasteiger partial charge < -0.3 is 5.32 Å². The predicted octanol–water partition coefficient (Wildman–Crippen LogP) is 3.99. The summed E-state index contributed by atoms with van der Waals surface area (Å²) >= 11 is 3.50. The topological polar surface area (TPSA) is 12.0 Å². The molecular formula is C18H20BrN. The average molecular weight is 330 g/mol. The minimum absolute atomic E-state index is 0.545. The molecule has 1 aliphatic carbocycles. The van der Waals surface area contributed by atoms with E-state index in [4.69, 9.17) is 0 Å². The van der Waals surface area contributed by atoms with Crippen LogP contribution in [0.15, 0.2) is 53.0 Å². The number of fused-ring (bicyclic) bond motifs is 1. The number of rotatable bonds is 4. The summed E-state index contributed by atoms with van der Waals surface area (Å²) in [5.74, 6) is 0.709. The van der Waals surface area contributed by atoms with Crippen LogP contribution >= 0.6 is 15.9 Å². The smallest absolute Gasteiger partial charge is 0.0175 e. The lowest BCUT2D eigenvalue weighted by Gasteiger charge is -2.23. The van der Waals surface area contributed by atoms with Crippen molar-refractivity contribution in [1.82, 2.24) is 5.32 Å². The summed E-state index contributed by atoms with van der Waals surface area (Å²) in [5, 5.41) is 3.53. The molecule has 0 aliphatic heterocycles. The summed E-state index contributed by atoms with van der Waals surface area (Å²) in [6, 6.07) is 18.1. The van der Waals surface area contributed by atoms with Crippen LogP contribution in [0.1, 0.15) is 16.7 Å². The third-order valence-electron chi connectivity index (χ3n) is 4.39. The second kappa shape index (κ2) is 6.11. The molecule has 0 amide bonds. The molecule has 1 unspecified atom stereocenters. The van der Waals surface area contributed by atoms with Gasteiger partial charge in [-0.25, -0.2) is 0 Å². The fraction of sp³-hybridized carbons (Fsp3) is 0.333. The standard InChI is InChI=1S/C18H20BrN/c1-20-18(10-13-6-8-17(19)9-7-13)16-11-14-4-2-3-5-15(14)12-16/h2-9,16,18,20H,10-12H2,1H3. The zero-order chi connectivity index (χ0) is 13.9. The van der Waals surface area contributed by atoms with Crippen molar-refractivity contribution in [2.75, 3.05) is 7.05 Å². The van der Waals surface area contributed by atoms with Crippen molar-refractivity contribution >= 4 is 15.9 Å². The van der Waals surface area contributed by atoms with E-state index < -0.39 is 0 Å². The van der Waals surface area contributed by atoms with Crippen LogP contribution in [0, 0.1) is 5.92 Å². The Morgan fingerprint density at radius 3 is 2.20 bits per heavy atom. The molecular weight excluding hydrogens is 310 g/mol. The van der Waals surface area contributed by atoms with Gasteiger partial charge in [-0.3, -0.25) is 0 Å². The van der Waals surface area contributed by atoms with Gasteiger partial charge in [0.2, 0.25) is 0 Å². The average Bonchev–Trinajstić information content (AvgIpc) is 2.90. The highest BCUT2D eigenvalue weighted by atomic mass is 79.9. The van der Waals surface area contributed by atoms with Crippen molar-refractivity contribution in [3.05, 3.63) is 69.7 Å². The normalized spacial score (nSPS) is 16.1. The number of hydrogen-bond acceptors (Lipinski definition) is 1. The van der Waals surface area contributed by atoms with Crippen molar-refractivity contribution < 1.29 is 0 Å². The van der Waals surface area contributed by atoms with Crippen LogP contribution < -0.4 is 5.32 Å². The fourth-order valence-electron chi connectivity index (χ4n) is 3.26. The van der Waals surface area contributed by atoms with Gasteiger partial charge in [0.25, 0.3) is 0 Å². The van der Waals surface area contributed by atoms with E-state index in [0.29, 0.717) is 12.0 Å². The van der Waals surface area contributed by atoms with Gasteiger partial charge in [-0.1, -0.05) is 52.3 Å². The largest absolute Gasteiger partial charge is 0.316 e. The molecule has 1 N–H and O–H groups in total. The minimum atomic E-state index is 0.545. The highest BCUT2D eigenvalue weighted by molar-refractivity contribution is 9.10. The van der Waals surface area contributed by atoms with Crippen LogP contribution in [0.2, 0.25) is 0 Å². The number of halogens is 1. The first-order chi connectivity index (χ1) is 9.76. The monoisotopic (exact) mass is 329 g/mol. The van der Waals surface area contributed by atoms with E-state index in [9.17, 15) is 0 Å². The molecule has 2 heteroatoms. The molecule has 1 aliphatic rings. The molecule has 0 aromatic heterocycles. The van der Waals surface area contributed by atoms with Crippen LogP contribution in [0.4, 0.5) is 0 Å². The zero-order valence-electron chi connectivity index (χ0n) is 11.8. The summed E-state index contributed by atoms with van der Waals surface area (Å²) in [5.41, 5.74) is 4.48. The summed E-state index contributed by atoms with van der Waals surface area (Å²) in [4.78, 5) is 0. The van der Waals surface area contributed by atoms with Gasteiger partial charge in [0.15, 0.2) is 0 Å². The lowest BCUT2D eigenvalue weighted by Crippen LogP contribution is -2.36. The maximum atomic E-state index is 3.53. The summed E-state index contributed by atoms with van der Waals surface area (Å²) in [6.45, 7) is 0. The lowest BCUT2D eigenvalue weighted by molar-refractivity contribution is 0.383. The van der Waals surface area contributed by atoms with Crippen LogP contribution in [-0.4, -0.2) is 13.1 Å². The van der Waals surface area contributed by atoms with Crippen molar-refractivity contribution in [3.8, 4) is 0 Å². The Labute approximate surface area is 129 Å². The van der Waals surface area contributed by atoms with E-state index >= 15 is 0 Å². The molecule has 1 atom stereocenters. The Morgan fingerprint density at radius 1 is 1.05 bits per heavy atom. The molecule has 0 fully saturated rings. The third-order valence-corrected chi connectivity index (χ3v) is 4.92.